The van der Waals surface area contributed by atoms with Crippen LogP contribution in [0.1, 0.15) is 37.9 Å². The van der Waals surface area contributed by atoms with Crippen LogP contribution in [0.25, 0.3) is 11.5 Å². The highest BCUT2D eigenvalue weighted by Gasteiger charge is 2.44. The van der Waals surface area contributed by atoms with Gasteiger partial charge in [0.15, 0.2) is 5.82 Å². The van der Waals surface area contributed by atoms with Crippen molar-refractivity contribution >= 4 is 5.91 Å². The molecule has 0 bridgehead atoms. The zero-order valence-corrected chi connectivity index (χ0v) is 16.3. The summed E-state index contributed by atoms with van der Waals surface area (Å²) in [6, 6.07) is 5.59. The zero-order chi connectivity index (χ0) is 19.7. The van der Waals surface area contributed by atoms with Gasteiger partial charge in [0.25, 0.3) is 5.89 Å². The van der Waals surface area contributed by atoms with Gasteiger partial charge in [-0.05, 0) is 43.4 Å². The first-order valence-electron chi connectivity index (χ1n) is 10.2. The molecule has 0 aromatic carbocycles. The summed E-state index contributed by atoms with van der Waals surface area (Å²) in [6.45, 7) is 1.72. The molecule has 1 saturated carbocycles. The summed E-state index contributed by atoms with van der Waals surface area (Å²) in [5.74, 6) is 2.17. The average Bonchev–Trinajstić information content (AvgIpc) is 3.21. The Balaban J connectivity index is 1.32. The molecule has 1 aliphatic heterocycles. The number of piperidine rings is 1. The second kappa shape index (κ2) is 7.42. The number of likely N-dealkylation sites (tertiary alicyclic amines) is 1. The van der Waals surface area contributed by atoms with Gasteiger partial charge < -0.3 is 9.42 Å². The average molecular weight is 392 g/mol. The zero-order valence-electron chi connectivity index (χ0n) is 16.3. The standard InChI is InChI=1S/C21H24N6O2/c28-18(15-27-11-1-8-23-27)26-12-6-21(7-13-26,14-16-2-3-16)20-24-19(29-25-20)17-4-9-22-10-5-17/h1,4-5,8-11,16H,2-3,6-7,12-15H2. The molecule has 3 aromatic rings. The summed E-state index contributed by atoms with van der Waals surface area (Å²) in [7, 11) is 0. The van der Waals surface area contributed by atoms with E-state index in [0.29, 0.717) is 19.0 Å². The molecule has 0 unspecified atom stereocenters. The maximum absolute atomic E-state index is 12.6. The Labute approximate surface area is 168 Å². The van der Waals surface area contributed by atoms with E-state index in [4.69, 9.17) is 9.51 Å². The first-order valence-corrected chi connectivity index (χ1v) is 10.2. The van der Waals surface area contributed by atoms with Crippen LogP contribution in [0.2, 0.25) is 0 Å². The van der Waals surface area contributed by atoms with Gasteiger partial charge in [0, 0.05) is 48.9 Å². The lowest BCUT2D eigenvalue weighted by Gasteiger charge is -2.40. The second-order valence-corrected chi connectivity index (χ2v) is 8.17. The van der Waals surface area contributed by atoms with E-state index < -0.39 is 0 Å². The molecule has 29 heavy (non-hydrogen) atoms. The minimum absolute atomic E-state index is 0.110. The van der Waals surface area contributed by atoms with Crippen LogP contribution in [0, 0.1) is 5.92 Å². The molecule has 0 N–H and O–H groups in total. The largest absolute Gasteiger partial charge is 0.341 e. The maximum atomic E-state index is 12.6. The third-order valence-corrected chi connectivity index (χ3v) is 6.13. The van der Waals surface area contributed by atoms with E-state index >= 15 is 0 Å². The van der Waals surface area contributed by atoms with Crippen LogP contribution >= 0.6 is 0 Å². The van der Waals surface area contributed by atoms with E-state index in [-0.39, 0.29) is 17.9 Å². The normalized spacial score (nSPS) is 18.7. The summed E-state index contributed by atoms with van der Waals surface area (Å²) >= 11 is 0. The highest BCUT2D eigenvalue weighted by molar-refractivity contribution is 5.76. The molecule has 0 spiro atoms. The van der Waals surface area contributed by atoms with E-state index in [9.17, 15) is 4.79 Å². The van der Waals surface area contributed by atoms with Crippen molar-refractivity contribution in [2.24, 2.45) is 5.92 Å². The number of pyridine rings is 1. The van der Waals surface area contributed by atoms with Crippen LogP contribution < -0.4 is 0 Å². The van der Waals surface area contributed by atoms with Gasteiger partial charge in [-0.2, -0.15) is 10.1 Å². The molecular formula is C21H24N6O2. The molecule has 4 heterocycles. The minimum atomic E-state index is -0.113. The third-order valence-electron chi connectivity index (χ3n) is 6.13. The molecule has 5 rings (SSSR count). The molecule has 3 aromatic heterocycles. The second-order valence-electron chi connectivity index (χ2n) is 8.17. The van der Waals surface area contributed by atoms with Crippen molar-refractivity contribution in [2.75, 3.05) is 13.1 Å². The molecule has 2 fully saturated rings. The lowest BCUT2D eigenvalue weighted by atomic mass is 9.73. The third kappa shape index (κ3) is 3.79. The molecular weight excluding hydrogens is 368 g/mol. The number of nitrogens with zero attached hydrogens (tertiary/aromatic N) is 6. The van der Waals surface area contributed by atoms with Gasteiger partial charge in [0.1, 0.15) is 6.54 Å². The minimum Gasteiger partial charge on any atom is -0.341 e. The van der Waals surface area contributed by atoms with Crippen molar-refractivity contribution < 1.29 is 9.32 Å². The van der Waals surface area contributed by atoms with Gasteiger partial charge in [-0.1, -0.05) is 18.0 Å². The molecule has 0 radical (unpaired) electrons. The van der Waals surface area contributed by atoms with E-state index in [1.165, 1.54) is 12.8 Å². The molecule has 2 aliphatic rings. The highest BCUT2D eigenvalue weighted by atomic mass is 16.5. The monoisotopic (exact) mass is 392 g/mol. The number of hydrogen-bond acceptors (Lipinski definition) is 6. The number of rotatable bonds is 6. The van der Waals surface area contributed by atoms with Gasteiger partial charge >= 0.3 is 0 Å². The van der Waals surface area contributed by atoms with Gasteiger partial charge in [0.05, 0.1) is 0 Å². The number of hydrogen-bond donors (Lipinski definition) is 0. The SMILES string of the molecule is O=C(Cn1cccn1)N1CCC(CC2CC2)(c2noc(-c3ccncc3)n2)CC1. The summed E-state index contributed by atoms with van der Waals surface area (Å²) in [4.78, 5) is 23.4. The molecule has 0 atom stereocenters. The molecule has 1 amide bonds. The summed E-state index contributed by atoms with van der Waals surface area (Å²) in [6.07, 6.45) is 12.3. The number of carbonyl (C=O) groups is 1. The first kappa shape index (κ1) is 18.0. The lowest BCUT2D eigenvalue weighted by molar-refractivity contribution is -0.133. The summed E-state index contributed by atoms with van der Waals surface area (Å²) < 4.78 is 7.27. The molecule has 8 heteroatoms. The van der Waals surface area contributed by atoms with Crippen molar-refractivity contribution in [3.05, 3.63) is 48.8 Å². The Bertz CT molecular complexity index is 956. The van der Waals surface area contributed by atoms with Crippen molar-refractivity contribution in [3.8, 4) is 11.5 Å². The smallest absolute Gasteiger partial charge is 0.258 e. The Morgan fingerprint density at radius 1 is 1.17 bits per heavy atom. The number of aromatic nitrogens is 5. The van der Waals surface area contributed by atoms with Gasteiger partial charge in [-0.3, -0.25) is 14.5 Å². The van der Waals surface area contributed by atoms with Crippen LogP contribution in [0.5, 0.6) is 0 Å². The predicted molar refractivity (Wildman–Crippen MR) is 105 cm³/mol. The Hall–Kier alpha value is -3.03. The molecule has 1 aliphatic carbocycles. The molecule has 150 valence electrons. The van der Waals surface area contributed by atoms with E-state index in [1.807, 2.05) is 29.3 Å². The molecule has 8 nitrogen and oxygen atoms in total. The van der Waals surface area contributed by atoms with Crippen molar-refractivity contribution in [1.29, 1.82) is 0 Å². The summed E-state index contributed by atoms with van der Waals surface area (Å²) in [5.41, 5.74) is 0.769. The van der Waals surface area contributed by atoms with Crippen molar-refractivity contribution in [2.45, 2.75) is 44.1 Å². The van der Waals surface area contributed by atoms with Crippen molar-refractivity contribution in [1.82, 2.24) is 29.8 Å². The summed E-state index contributed by atoms with van der Waals surface area (Å²) in [5, 5.41) is 8.51. The van der Waals surface area contributed by atoms with Crippen LogP contribution in [0.4, 0.5) is 0 Å². The topological polar surface area (TPSA) is 89.9 Å². The maximum Gasteiger partial charge on any atom is 0.258 e. The van der Waals surface area contributed by atoms with Gasteiger partial charge in [0.2, 0.25) is 5.91 Å². The fourth-order valence-electron chi connectivity index (χ4n) is 4.26. The quantitative estimate of drug-likeness (QED) is 0.641. The first-order chi connectivity index (χ1) is 14.2. The van der Waals surface area contributed by atoms with Crippen LogP contribution in [0.15, 0.2) is 47.5 Å². The van der Waals surface area contributed by atoms with Gasteiger partial charge in [-0.25, -0.2) is 0 Å². The Morgan fingerprint density at radius 3 is 2.66 bits per heavy atom. The molecule has 1 saturated heterocycles. The Morgan fingerprint density at radius 2 is 1.97 bits per heavy atom. The number of carbonyl (C=O) groups excluding carboxylic acids is 1. The highest BCUT2D eigenvalue weighted by Crippen LogP contribution is 2.46. The fourth-order valence-corrected chi connectivity index (χ4v) is 4.26. The predicted octanol–water partition coefficient (Wildman–Crippen LogP) is 2.69. The lowest BCUT2D eigenvalue weighted by Crippen LogP contribution is -2.47. The van der Waals surface area contributed by atoms with Crippen LogP contribution in [0.3, 0.4) is 0 Å². The van der Waals surface area contributed by atoms with Gasteiger partial charge in [-0.15, -0.1) is 0 Å². The fraction of sp³-hybridized carbons (Fsp3) is 0.476. The van der Waals surface area contributed by atoms with E-state index in [0.717, 1.165) is 36.6 Å². The van der Waals surface area contributed by atoms with Crippen LogP contribution in [-0.2, 0) is 16.8 Å². The van der Waals surface area contributed by atoms with Crippen LogP contribution in [-0.4, -0.2) is 48.8 Å². The Kier molecular flexibility index (Phi) is 4.61. The van der Waals surface area contributed by atoms with E-state index in [1.54, 1.807) is 23.3 Å². The van der Waals surface area contributed by atoms with Crippen molar-refractivity contribution in [3.63, 3.8) is 0 Å². The van der Waals surface area contributed by atoms with E-state index in [2.05, 4.69) is 15.2 Å². The number of amides is 1.